The number of esters is 1. The van der Waals surface area contributed by atoms with Gasteiger partial charge in [-0.05, 0) is 53.6 Å². The maximum atomic E-state index is 13.4. The summed E-state index contributed by atoms with van der Waals surface area (Å²) >= 11 is 1.24. The van der Waals surface area contributed by atoms with E-state index in [4.69, 9.17) is 14.0 Å². The number of hydrogen-bond acceptors (Lipinski definition) is 7. The van der Waals surface area contributed by atoms with Crippen molar-refractivity contribution in [1.82, 2.24) is 9.99 Å². The van der Waals surface area contributed by atoms with E-state index < -0.39 is 17.7 Å². The lowest BCUT2D eigenvalue weighted by Crippen LogP contribution is -2.39. The summed E-state index contributed by atoms with van der Waals surface area (Å²) in [6, 6.07) is 0. The minimum Gasteiger partial charge on any atom is -0.464 e. The van der Waals surface area contributed by atoms with Crippen molar-refractivity contribution >= 4 is 24.1 Å². The molecule has 1 fully saturated rings. The van der Waals surface area contributed by atoms with Gasteiger partial charge in [0.05, 0.1) is 24.2 Å². The number of unbranched alkanes of at least 4 members (excludes halogenated alkanes) is 4. The number of rotatable bonds is 19. The second kappa shape index (κ2) is 16.6. The van der Waals surface area contributed by atoms with Crippen molar-refractivity contribution < 1.29 is 23.4 Å². The molecule has 1 N–H and O–H groups in total. The molecule has 2 unspecified atom stereocenters. The number of ether oxygens (including phenoxy) is 2. The van der Waals surface area contributed by atoms with Crippen molar-refractivity contribution in [1.29, 1.82) is 0 Å². The first-order valence-corrected chi connectivity index (χ1v) is 16.4. The predicted octanol–water partition coefficient (Wildman–Crippen LogP) is 6.27. The van der Waals surface area contributed by atoms with Crippen LogP contribution in [-0.2, 0) is 23.4 Å². The minimum atomic E-state index is -3.09. The molecule has 0 radical (unpaired) electrons. The molecule has 0 aromatic carbocycles. The average Bonchev–Trinajstić information content (AvgIpc) is 2.82. The van der Waals surface area contributed by atoms with Gasteiger partial charge in [-0.1, -0.05) is 63.8 Å². The lowest BCUT2D eigenvalue weighted by atomic mass is 9.89. The van der Waals surface area contributed by atoms with Crippen LogP contribution in [0.25, 0.3) is 0 Å². The molecule has 0 aromatic heterocycles. The summed E-state index contributed by atoms with van der Waals surface area (Å²) in [6.45, 7) is 11.7. The molecule has 1 aliphatic rings. The normalized spacial score (nSPS) is 18.9. The van der Waals surface area contributed by atoms with Crippen LogP contribution in [0.1, 0.15) is 92.4 Å². The Bertz CT molecular complexity index is 616. The third-order valence-electron chi connectivity index (χ3n) is 6.52. The first-order chi connectivity index (χ1) is 16.1. The fourth-order valence-corrected chi connectivity index (χ4v) is 7.44. The maximum absolute atomic E-state index is 13.4. The molecule has 0 saturated carbocycles. The summed E-state index contributed by atoms with van der Waals surface area (Å²) in [5, 5.41) is 2.93. The molecule has 1 rings (SSSR count). The topological polar surface area (TPSA) is 77.1 Å². The molecule has 0 amide bonds. The van der Waals surface area contributed by atoms with Gasteiger partial charge in [0.15, 0.2) is 0 Å². The molecule has 2 atom stereocenters. The summed E-state index contributed by atoms with van der Waals surface area (Å²) in [5.74, 6) is 0.230. The third-order valence-corrected chi connectivity index (χ3v) is 10.8. The Labute approximate surface area is 213 Å². The van der Waals surface area contributed by atoms with Crippen molar-refractivity contribution in [3.8, 4) is 0 Å². The predicted molar refractivity (Wildman–Crippen MR) is 144 cm³/mol. The van der Waals surface area contributed by atoms with E-state index in [2.05, 4.69) is 30.8 Å². The van der Waals surface area contributed by atoms with Crippen molar-refractivity contribution in [3.63, 3.8) is 0 Å². The van der Waals surface area contributed by atoms with Gasteiger partial charge in [0, 0.05) is 18.8 Å². The smallest absolute Gasteiger partial charge is 0.326 e. The van der Waals surface area contributed by atoms with Gasteiger partial charge in [-0.25, -0.2) is 5.09 Å². The van der Waals surface area contributed by atoms with Crippen LogP contribution in [0.3, 0.4) is 0 Å². The zero-order chi connectivity index (χ0) is 25.5. The van der Waals surface area contributed by atoms with E-state index in [1.54, 1.807) is 7.05 Å². The molecule has 0 spiro atoms. The van der Waals surface area contributed by atoms with Gasteiger partial charge in [-0.2, -0.15) is 0 Å². The van der Waals surface area contributed by atoms with Gasteiger partial charge in [-0.3, -0.25) is 14.3 Å². The fourth-order valence-electron chi connectivity index (χ4n) is 3.97. The SMILES string of the molecule is CCCCCCC(C)(CCCC)OP(=O)(NC)SCCOC(=O)C(C)(C)CCN1CCOCC1. The summed E-state index contributed by atoms with van der Waals surface area (Å²) in [7, 11) is 1.69. The molecule has 1 heterocycles. The summed E-state index contributed by atoms with van der Waals surface area (Å²) in [6.07, 6.45) is 9.36. The molecule has 0 bridgehead atoms. The first kappa shape index (κ1) is 31.9. The molecule has 1 saturated heterocycles. The highest BCUT2D eigenvalue weighted by Crippen LogP contribution is 2.59. The molecular weight excluding hydrogens is 471 g/mol. The van der Waals surface area contributed by atoms with E-state index in [1.807, 2.05) is 13.8 Å². The van der Waals surface area contributed by atoms with Crippen molar-refractivity contribution in [2.24, 2.45) is 5.41 Å². The molecule has 9 heteroatoms. The largest absolute Gasteiger partial charge is 0.464 e. The number of morpholine rings is 1. The number of nitrogens with zero attached hydrogens (tertiary/aromatic N) is 1. The fraction of sp³-hybridized carbons (Fsp3) is 0.960. The van der Waals surface area contributed by atoms with Gasteiger partial charge < -0.3 is 14.0 Å². The van der Waals surface area contributed by atoms with E-state index in [9.17, 15) is 9.36 Å². The maximum Gasteiger partial charge on any atom is 0.326 e. The Balaban J connectivity index is 2.49. The third kappa shape index (κ3) is 12.7. The highest BCUT2D eigenvalue weighted by Gasteiger charge is 2.35. The molecular formula is C25H51N2O5PS. The Kier molecular flexibility index (Phi) is 15.6. The Morgan fingerprint density at radius 3 is 2.29 bits per heavy atom. The standard InChI is InChI=1S/C25H51N2O5PS/c1-7-9-11-12-14-25(5,13-10-8-2)32-33(29,26-6)34-22-21-31-23(28)24(3,4)15-16-27-17-19-30-20-18-27/h7-22H2,1-6H3,(H,26,29). The van der Waals surface area contributed by atoms with E-state index in [0.29, 0.717) is 5.75 Å². The Hall–Kier alpha value is -0.110. The van der Waals surface area contributed by atoms with Crippen molar-refractivity contribution in [2.75, 3.05) is 52.3 Å². The van der Waals surface area contributed by atoms with Crippen LogP contribution in [0, 0.1) is 5.41 Å². The van der Waals surface area contributed by atoms with E-state index >= 15 is 0 Å². The van der Waals surface area contributed by atoms with Crippen LogP contribution >= 0.6 is 18.1 Å². The highest BCUT2D eigenvalue weighted by atomic mass is 32.7. The van der Waals surface area contributed by atoms with Gasteiger partial charge in [0.25, 0.3) is 0 Å². The summed E-state index contributed by atoms with van der Waals surface area (Å²) in [5.41, 5.74) is -0.961. The van der Waals surface area contributed by atoms with Gasteiger partial charge in [0.2, 0.25) is 0 Å². The molecule has 0 aliphatic carbocycles. The van der Waals surface area contributed by atoms with Crippen LogP contribution in [-0.4, -0.2) is 68.7 Å². The van der Waals surface area contributed by atoms with Crippen LogP contribution in [0.15, 0.2) is 0 Å². The van der Waals surface area contributed by atoms with Crippen molar-refractivity contribution in [2.45, 2.75) is 98.0 Å². The van der Waals surface area contributed by atoms with Crippen molar-refractivity contribution in [3.05, 3.63) is 0 Å². The highest BCUT2D eigenvalue weighted by molar-refractivity contribution is 8.56. The van der Waals surface area contributed by atoms with E-state index in [0.717, 1.165) is 71.4 Å². The number of hydrogen-bond donors (Lipinski definition) is 1. The Morgan fingerprint density at radius 2 is 1.68 bits per heavy atom. The van der Waals surface area contributed by atoms with E-state index in [1.165, 1.54) is 30.6 Å². The number of carbonyl (C=O) groups excluding carboxylic acids is 1. The Morgan fingerprint density at radius 1 is 1.03 bits per heavy atom. The lowest BCUT2D eigenvalue weighted by Gasteiger charge is -2.33. The first-order valence-electron chi connectivity index (χ1n) is 13.2. The summed E-state index contributed by atoms with van der Waals surface area (Å²) in [4.78, 5) is 15.0. The van der Waals surface area contributed by atoms with Gasteiger partial charge in [0.1, 0.15) is 6.61 Å². The quantitative estimate of drug-likeness (QED) is 0.121. The van der Waals surface area contributed by atoms with Gasteiger partial charge >= 0.3 is 12.7 Å². The molecule has 202 valence electrons. The molecule has 7 nitrogen and oxygen atoms in total. The second-order valence-corrected chi connectivity index (χ2v) is 14.7. The second-order valence-electron chi connectivity index (χ2n) is 10.2. The lowest BCUT2D eigenvalue weighted by molar-refractivity contribution is -0.153. The van der Waals surface area contributed by atoms with Crippen LogP contribution in [0.2, 0.25) is 0 Å². The number of carbonyl (C=O) groups is 1. The molecule has 0 aromatic rings. The monoisotopic (exact) mass is 522 g/mol. The van der Waals surface area contributed by atoms with Crippen LogP contribution in [0.5, 0.6) is 0 Å². The van der Waals surface area contributed by atoms with Gasteiger partial charge in [-0.15, -0.1) is 0 Å². The minimum absolute atomic E-state index is 0.203. The van der Waals surface area contributed by atoms with E-state index in [-0.39, 0.29) is 12.6 Å². The molecule has 1 aliphatic heterocycles. The molecule has 34 heavy (non-hydrogen) atoms. The number of nitrogens with one attached hydrogen (secondary N) is 1. The van der Waals surface area contributed by atoms with Crippen LogP contribution in [0.4, 0.5) is 0 Å². The zero-order valence-electron chi connectivity index (χ0n) is 22.7. The zero-order valence-corrected chi connectivity index (χ0v) is 24.4. The van der Waals surface area contributed by atoms with Crippen LogP contribution < -0.4 is 5.09 Å². The average molecular weight is 523 g/mol. The summed E-state index contributed by atoms with van der Waals surface area (Å²) < 4.78 is 30.7.